The van der Waals surface area contributed by atoms with Crippen molar-refractivity contribution in [2.75, 3.05) is 0 Å². The third-order valence-corrected chi connectivity index (χ3v) is 3.39. The number of carbonyl (C=O) groups excluding carboxylic acids is 1. The number of aliphatic carboxylic acids is 1. The fourth-order valence-electron chi connectivity index (χ4n) is 2.18. The standard InChI is InChI=1S/C16H18FN3O3/c1-16(2,3)13(15(22)23)19-14(21)11-8-18-20-12(11)9-5-4-6-10(17)7-9/h4-8,13H,1-3H3,(H,18,20)(H,19,21)(H,22,23)/t13-/m1/s1. The topological polar surface area (TPSA) is 95.1 Å². The van der Waals surface area contributed by atoms with Gasteiger partial charge in [-0.05, 0) is 17.5 Å². The Labute approximate surface area is 132 Å². The van der Waals surface area contributed by atoms with Crippen molar-refractivity contribution in [3.63, 3.8) is 0 Å². The molecule has 1 aromatic carbocycles. The summed E-state index contributed by atoms with van der Waals surface area (Å²) in [5.41, 5.74) is 0.283. The second-order valence-corrected chi connectivity index (χ2v) is 6.28. The molecule has 0 bridgehead atoms. The second kappa shape index (κ2) is 6.20. The molecule has 3 N–H and O–H groups in total. The van der Waals surface area contributed by atoms with Crippen molar-refractivity contribution in [2.45, 2.75) is 26.8 Å². The van der Waals surface area contributed by atoms with Gasteiger partial charge in [-0.25, -0.2) is 9.18 Å². The van der Waals surface area contributed by atoms with Crippen LogP contribution in [0.25, 0.3) is 11.3 Å². The fourth-order valence-corrected chi connectivity index (χ4v) is 2.18. The smallest absolute Gasteiger partial charge is 0.326 e. The lowest BCUT2D eigenvalue weighted by Crippen LogP contribution is -2.49. The van der Waals surface area contributed by atoms with Crippen molar-refractivity contribution in [2.24, 2.45) is 5.41 Å². The zero-order valence-electron chi connectivity index (χ0n) is 13.1. The minimum absolute atomic E-state index is 0.158. The molecule has 0 aliphatic heterocycles. The van der Waals surface area contributed by atoms with Crippen LogP contribution in [-0.2, 0) is 4.79 Å². The number of rotatable bonds is 4. The number of halogens is 1. The summed E-state index contributed by atoms with van der Waals surface area (Å²) >= 11 is 0. The number of carboxylic acids is 1. The van der Waals surface area contributed by atoms with E-state index in [2.05, 4.69) is 15.5 Å². The maximum absolute atomic E-state index is 13.4. The van der Waals surface area contributed by atoms with Crippen molar-refractivity contribution < 1.29 is 19.1 Å². The van der Waals surface area contributed by atoms with Crippen LogP contribution in [-0.4, -0.2) is 33.2 Å². The van der Waals surface area contributed by atoms with Gasteiger partial charge >= 0.3 is 5.97 Å². The summed E-state index contributed by atoms with van der Waals surface area (Å²) in [4.78, 5) is 23.8. The molecule has 2 aromatic rings. The van der Waals surface area contributed by atoms with Gasteiger partial charge in [0.25, 0.3) is 5.91 Å². The first-order chi connectivity index (χ1) is 10.7. The summed E-state index contributed by atoms with van der Waals surface area (Å²) in [5.74, 6) is -2.15. The van der Waals surface area contributed by atoms with E-state index in [0.717, 1.165) is 0 Å². The number of amides is 1. The van der Waals surface area contributed by atoms with Gasteiger partial charge in [0.1, 0.15) is 11.9 Å². The number of carbonyl (C=O) groups is 2. The van der Waals surface area contributed by atoms with Gasteiger partial charge in [0.15, 0.2) is 0 Å². The van der Waals surface area contributed by atoms with Crippen LogP contribution in [0, 0.1) is 11.2 Å². The summed E-state index contributed by atoms with van der Waals surface area (Å²) < 4.78 is 13.4. The molecule has 1 atom stereocenters. The van der Waals surface area contributed by atoms with Crippen LogP contribution in [0.1, 0.15) is 31.1 Å². The number of hydrogen-bond acceptors (Lipinski definition) is 3. The molecule has 1 aromatic heterocycles. The van der Waals surface area contributed by atoms with Crippen molar-refractivity contribution in [1.29, 1.82) is 0 Å². The van der Waals surface area contributed by atoms with Gasteiger partial charge in [-0.1, -0.05) is 32.9 Å². The average molecular weight is 319 g/mol. The Morgan fingerprint density at radius 2 is 2.04 bits per heavy atom. The first kappa shape index (κ1) is 16.7. The Kier molecular flexibility index (Phi) is 4.49. The molecular weight excluding hydrogens is 301 g/mol. The SMILES string of the molecule is CC(C)(C)[C@H](NC(=O)c1cn[nH]c1-c1cccc(F)c1)C(=O)O. The molecule has 122 valence electrons. The lowest BCUT2D eigenvalue weighted by atomic mass is 9.86. The predicted molar refractivity (Wildman–Crippen MR) is 82.3 cm³/mol. The van der Waals surface area contributed by atoms with E-state index >= 15 is 0 Å². The summed E-state index contributed by atoms with van der Waals surface area (Å²) in [6, 6.07) is 4.64. The summed E-state index contributed by atoms with van der Waals surface area (Å²) in [5, 5.41) is 18.2. The number of nitrogens with zero attached hydrogens (tertiary/aromatic N) is 1. The molecule has 7 heteroatoms. The zero-order chi connectivity index (χ0) is 17.2. The molecule has 2 rings (SSSR count). The first-order valence-electron chi connectivity index (χ1n) is 7.03. The van der Waals surface area contributed by atoms with Gasteiger partial charge in [-0.3, -0.25) is 9.89 Å². The lowest BCUT2D eigenvalue weighted by Gasteiger charge is -2.27. The predicted octanol–water partition coefficient (Wildman–Crippen LogP) is 2.44. The fraction of sp³-hybridized carbons (Fsp3) is 0.312. The number of carboxylic acid groups (broad SMARTS) is 1. The number of aromatic nitrogens is 2. The van der Waals surface area contributed by atoms with Crippen molar-refractivity contribution in [1.82, 2.24) is 15.5 Å². The summed E-state index contributed by atoms with van der Waals surface area (Å²) in [7, 11) is 0. The molecule has 23 heavy (non-hydrogen) atoms. The quantitative estimate of drug-likeness (QED) is 0.806. The van der Waals surface area contributed by atoms with E-state index in [-0.39, 0.29) is 5.56 Å². The molecule has 1 heterocycles. The average Bonchev–Trinajstić information content (AvgIpc) is 2.92. The monoisotopic (exact) mass is 319 g/mol. The van der Waals surface area contributed by atoms with Crippen molar-refractivity contribution in [3.05, 3.63) is 41.8 Å². The second-order valence-electron chi connectivity index (χ2n) is 6.28. The van der Waals surface area contributed by atoms with E-state index in [4.69, 9.17) is 0 Å². The molecule has 0 fully saturated rings. The van der Waals surface area contributed by atoms with E-state index in [1.807, 2.05) is 0 Å². The molecule has 6 nitrogen and oxygen atoms in total. The van der Waals surface area contributed by atoms with Gasteiger partial charge in [0.2, 0.25) is 0 Å². The van der Waals surface area contributed by atoms with Crippen LogP contribution in [0.5, 0.6) is 0 Å². The maximum Gasteiger partial charge on any atom is 0.326 e. The Balaban J connectivity index is 2.31. The van der Waals surface area contributed by atoms with Gasteiger partial charge in [0.05, 0.1) is 17.5 Å². The molecule has 0 spiro atoms. The summed E-state index contributed by atoms with van der Waals surface area (Å²) in [6.45, 7) is 5.15. The van der Waals surface area contributed by atoms with E-state index < -0.39 is 29.2 Å². The highest BCUT2D eigenvalue weighted by Crippen LogP contribution is 2.24. The number of benzene rings is 1. The third-order valence-electron chi connectivity index (χ3n) is 3.39. The largest absolute Gasteiger partial charge is 0.480 e. The summed E-state index contributed by atoms with van der Waals surface area (Å²) in [6.07, 6.45) is 1.29. The zero-order valence-corrected chi connectivity index (χ0v) is 13.1. The van der Waals surface area contributed by atoms with Gasteiger partial charge in [-0.2, -0.15) is 5.10 Å². The van der Waals surface area contributed by atoms with E-state index in [1.165, 1.54) is 24.4 Å². The van der Waals surface area contributed by atoms with Crippen LogP contribution in [0.3, 0.4) is 0 Å². The Morgan fingerprint density at radius 3 is 2.61 bits per heavy atom. The highest BCUT2D eigenvalue weighted by molar-refractivity contribution is 6.01. The van der Waals surface area contributed by atoms with Crippen LogP contribution in [0.4, 0.5) is 4.39 Å². The maximum atomic E-state index is 13.4. The van der Waals surface area contributed by atoms with Crippen LogP contribution < -0.4 is 5.32 Å². The van der Waals surface area contributed by atoms with Gasteiger partial charge in [-0.15, -0.1) is 0 Å². The molecule has 0 aliphatic rings. The molecule has 0 saturated carbocycles. The van der Waals surface area contributed by atoms with Crippen LogP contribution >= 0.6 is 0 Å². The van der Waals surface area contributed by atoms with E-state index in [1.54, 1.807) is 26.8 Å². The minimum atomic E-state index is -1.12. The number of H-pyrrole nitrogens is 1. The number of aromatic amines is 1. The van der Waals surface area contributed by atoms with Gasteiger partial charge in [0, 0.05) is 5.56 Å². The van der Waals surface area contributed by atoms with Gasteiger partial charge < -0.3 is 10.4 Å². The van der Waals surface area contributed by atoms with Crippen LogP contribution in [0.2, 0.25) is 0 Å². The molecular formula is C16H18FN3O3. The highest BCUT2D eigenvalue weighted by atomic mass is 19.1. The van der Waals surface area contributed by atoms with E-state index in [0.29, 0.717) is 11.3 Å². The third kappa shape index (κ3) is 3.74. The van der Waals surface area contributed by atoms with Crippen molar-refractivity contribution >= 4 is 11.9 Å². The minimum Gasteiger partial charge on any atom is -0.480 e. The Hall–Kier alpha value is -2.70. The molecule has 0 saturated heterocycles. The Bertz CT molecular complexity index is 734. The molecule has 1 amide bonds. The molecule has 0 unspecified atom stereocenters. The first-order valence-corrected chi connectivity index (χ1v) is 7.03. The number of nitrogens with one attached hydrogen (secondary N) is 2. The number of hydrogen-bond donors (Lipinski definition) is 3. The lowest BCUT2D eigenvalue weighted by molar-refractivity contribution is -0.142. The van der Waals surface area contributed by atoms with Crippen molar-refractivity contribution in [3.8, 4) is 11.3 Å². The normalized spacial score (nSPS) is 12.7. The Morgan fingerprint density at radius 1 is 1.35 bits per heavy atom. The van der Waals surface area contributed by atoms with Crippen LogP contribution in [0.15, 0.2) is 30.5 Å². The molecule has 0 aliphatic carbocycles. The van der Waals surface area contributed by atoms with E-state index in [9.17, 15) is 19.1 Å². The molecule has 0 radical (unpaired) electrons. The highest BCUT2D eigenvalue weighted by Gasteiger charge is 2.33.